The van der Waals surface area contributed by atoms with Crippen LogP contribution in [0.1, 0.15) is 56.5 Å². The van der Waals surface area contributed by atoms with Crippen molar-refractivity contribution in [2.45, 2.75) is 58.9 Å². The highest BCUT2D eigenvalue weighted by molar-refractivity contribution is 6.31. The molecule has 0 bridgehead atoms. The van der Waals surface area contributed by atoms with Gasteiger partial charge in [0.1, 0.15) is 0 Å². The summed E-state index contributed by atoms with van der Waals surface area (Å²) in [6.07, 6.45) is 6.10. The standard InChI is InChI=1S/C23H26ClN3O/c1-13-8-18(23(3,4)5)19(24)9-17(13)20-10-21(28)22(14(2)26-20)15-11-25-27(12-15)16-6-7-16/h8-12,16H,6-7H2,1-5H3,(H,26,28). The molecule has 1 aromatic carbocycles. The van der Waals surface area contributed by atoms with Gasteiger partial charge < -0.3 is 4.98 Å². The molecule has 1 N–H and O–H groups in total. The number of aromatic nitrogens is 3. The van der Waals surface area contributed by atoms with Crippen molar-refractivity contribution in [3.63, 3.8) is 0 Å². The highest BCUT2D eigenvalue weighted by atomic mass is 35.5. The van der Waals surface area contributed by atoms with Crippen LogP contribution in [-0.2, 0) is 5.41 Å². The van der Waals surface area contributed by atoms with Gasteiger partial charge in [0.05, 0.1) is 17.8 Å². The smallest absolute Gasteiger partial charge is 0.190 e. The summed E-state index contributed by atoms with van der Waals surface area (Å²) in [6.45, 7) is 10.4. The fourth-order valence-corrected chi connectivity index (χ4v) is 4.19. The SMILES string of the molecule is Cc1cc(C(C)(C)C)c(Cl)cc1-c1cc(=O)c(-c2cnn(C3CC3)c2)c(C)[nH]1. The number of hydrogen-bond donors (Lipinski definition) is 1. The van der Waals surface area contributed by atoms with E-state index in [2.05, 4.69) is 43.8 Å². The van der Waals surface area contributed by atoms with E-state index >= 15 is 0 Å². The Bertz CT molecular complexity index is 1110. The lowest BCUT2D eigenvalue weighted by molar-refractivity contribution is 0.590. The van der Waals surface area contributed by atoms with Gasteiger partial charge >= 0.3 is 0 Å². The Balaban J connectivity index is 1.78. The molecule has 0 amide bonds. The molecule has 2 heterocycles. The van der Waals surface area contributed by atoms with Gasteiger partial charge in [0, 0.05) is 39.8 Å². The van der Waals surface area contributed by atoms with Gasteiger partial charge in [-0.25, -0.2) is 0 Å². The molecule has 1 fully saturated rings. The number of aryl methyl sites for hydroxylation is 2. The summed E-state index contributed by atoms with van der Waals surface area (Å²) < 4.78 is 1.97. The first kappa shape index (κ1) is 19.0. The molecule has 0 saturated heterocycles. The molecule has 0 atom stereocenters. The Hall–Kier alpha value is -2.33. The molecule has 28 heavy (non-hydrogen) atoms. The molecule has 2 aromatic heterocycles. The molecule has 3 aromatic rings. The normalized spacial score (nSPS) is 14.5. The van der Waals surface area contributed by atoms with Crippen molar-refractivity contribution in [3.05, 3.63) is 62.7 Å². The number of pyridine rings is 1. The van der Waals surface area contributed by atoms with Crippen LogP contribution in [0.25, 0.3) is 22.4 Å². The molecule has 0 unspecified atom stereocenters. The quantitative estimate of drug-likeness (QED) is 0.608. The summed E-state index contributed by atoms with van der Waals surface area (Å²) in [7, 11) is 0. The molecule has 0 spiro atoms. The maximum Gasteiger partial charge on any atom is 0.190 e. The molecule has 0 radical (unpaired) electrons. The summed E-state index contributed by atoms with van der Waals surface area (Å²) in [5.41, 5.74) is 6.32. The number of H-pyrrole nitrogens is 1. The number of hydrogen-bond acceptors (Lipinski definition) is 2. The van der Waals surface area contributed by atoms with Crippen molar-refractivity contribution >= 4 is 11.6 Å². The van der Waals surface area contributed by atoms with Crippen LogP contribution in [0.2, 0.25) is 5.02 Å². The topological polar surface area (TPSA) is 50.7 Å². The Morgan fingerprint density at radius 3 is 2.50 bits per heavy atom. The largest absolute Gasteiger partial charge is 0.358 e. The average Bonchev–Trinajstić information content (AvgIpc) is 3.34. The van der Waals surface area contributed by atoms with Gasteiger partial charge in [-0.2, -0.15) is 5.10 Å². The molecule has 0 aliphatic heterocycles. The van der Waals surface area contributed by atoms with Crippen LogP contribution in [0.5, 0.6) is 0 Å². The Morgan fingerprint density at radius 2 is 1.89 bits per heavy atom. The molecule has 1 aliphatic carbocycles. The number of nitrogens with one attached hydrogen (secondary N) is 1. The lowest BCUT2D eigenvalue weighted by Crippen LogP contribution is -2.13. The summed E-state index contributed by atoms with van der Waals surface area (Å²) in [5.74, 6) is 0. The maximum atomic E-state index is 13.0. The van der Waals surface area contributed by atoms with E-state index in [9.17, 15) is 4.79 Å². The average molecular weight is 396 g/mol. The van der Waals surface area contributed by atoms with Crippen LogP contribution in [0, 0.1) is 13.8 Å². The zero-order valence-electron chi connectivity index (χ0n) is 17.1. The van der Waals surface area contributed by atoms with E-state index in [0.29, 0.717) is 11.6 Å². The number of benzene rings is 1. The fraction of sp³-hybridized carbons (Fsp3) is 0.391. The number of aromatic amines is 1. The van der Waals surface area contributed by atoms with Crippen molar-refractivity contribution in [2.75, 3.05) is 0 Å². The number of nitrogens with zero attached hydrogens (tertiary/aromatic N) is 2. The van der Waals surface area contributed by atoms with Crippen molar-refractivity contribution < 1.29 is 0 Å². The van der Waals surface area contributed by atoms with Crippen molar-refractivity contribution in [2.24, 2.45) is 0 Å². The van der Waals surface area contributed by atoms with Gasteiger partial charge in [-0.05, 0) is 49.3 Å². The number of rotatable bonds is 3. The van der Waals surface area contributed by atoms with Crippen molar-refractivity contribution in [3.8, 4) is 22.4 Å². The van der Waals surface area contributed by atoms with Crippen molar-refractivity contribution in [1.29, 1.82) is 0 Å². The molecule has 4 rings (SSSR count). The van der Waals surface area contributed by atoms with Crippen molar-refractivity contribution in [1.82, 2.24) is 14.8 Å². The van der Waals surface area contributed by atoms with Gasteiger partial charge in [-0.3, -0.25) is 9.48 Å². The second-order valence-electron chi connectivity index (χ2n) is 8.88. The predicted molar refractivity (Wildman–Crippen MR) is 115 cm³/mol. The first-order valence-electron chi connectivity index (χ1n) is 9.74. The third kappa shape index (κ3) is 3.42. The first-order valence-corrected chi connectivity index (χ1v) is 10.1. The summed E-state index contributed by atoms with van der Waals surface area (Å²) in [6, 6.07) is 6.26. The minimum Gasteiger partial charge on any atom is -0.358 e. The first-order chi connectivity index (χ1) is 13.1. The lowest BCUT2D eigenvalue weighted by atomic mass is 9.85. The van der Waals surface area contributed by atoms with E-state index < -0.39 is 0 Å². The van der Waals surface area contributed by atoms with Crippen LogP contribution in [0.4, 0.5) is 0 Å². The summed E-state index contributed by atoms with van der Waals surface area (Å²) in [4.78, 5) is 16.4. The summed E-state index contributed by atoms with van der Waals surface area (Å²) in [5, 5.41) is 5.15. The third-order valence-electron chi connectivity index (χ3n) is 5.44. The highest BCUT2D eigenvalue weighted by Crippen LogP contribution is 2.36. The van der Waals surface area contributed by atoms with Gasteiger partial charge in [-0.15, -0.1) is 0 Å². The zero-order chi connectivity index (χ0) is 20.2. The molecule has 5 heteroatoms. The molecular formula is C23H26ClN3O. The van der Waals surface area contributed by atoms with Crippen LogP contribution in [-0.4, -0.2) is 14.8 Å². The minimum atomic E-state index is -0.0325. The van der Waals surface area contributed by atoms with E-state index in [1.807, 2.05) is 23.9 Å². The van der Waals surface area contributed by atoms with Gasteiger partial charge in [0.2, 0.25) is 0 Å². The Morgan fingerprint density at radius 1 is 1.18 bits per heavy atom. The van der Waals surface area contributed by atoms with E-state index in [0.717, 1.165) is 38.7 Å². The lowest BCUT2D eigenvalue weighted by Gasteiger charge is -2.22. The van der Waals surface area contributed by atoms with Gasteiger partial charge in [0.15, 0.2) is 5.43 Å². The van der Waals surface area contributed by atoms with E-state index in [1.54, 1.807) is 12.3 Å². The molecule has 1 saturated carbocycles. The Kier molecular flexibility index (Phi) is 4.50. The second-order valence-corrected chi connectivity index (χ2v) is 9.29. The monoisotopic (exact) mass is 395 g/mol. The molecule has 4 nitrogen and oxygen atoms in total. The van der Waals surface area contributed by atoms with Crippen LogP contribution in [0.3, 0.4) is 0 Å². The van der Waals surface area contributed by atoms with Crippen LogP contribution in [0.15, 0.2) is 35.4 Å². The van der Waals surface area contributed by atoms with Crippen LogP contribution >= 0.6 is 11.6 Å². The summed E-state index contributed by atoms with van der Waals surface area (Å²) >= 11 is 6.58. The maximum absolute atomic E-state index is 13.0. The van der Waals surface area contributed by atoms with E-state index in [1.165, 1.54) is 12.8 Å². The van der Waals surface area contributed by atoms with Crippen LogP contribution < -0.4 is 5.43 Å². The van der Waals surface area contributed by atoms with E-state index in [4.69, 9.17) is 11.6 Å². The minimum absolute atomic E-state index is 0.00276. The van der Waals surface area contributed by atoms with Gasteiger partial charge in [-0.1, -0.05) is 38.4 Å². The second kappa shape index (κ2) is 6.63. The highest BCUT2D eigenvalue weighted by Gasteiger charge is 2.25. The zero-order valence-corrected chi connectivity index (χ0v) is 17.8. The predicted octanol–water partition coefficient (Wildman–Crippen LogP) is 5.81. The van der Waals surface area contributed by atoms with Gasteiger partial charge in [0.25, 0.3) is 0 Å². The Labute approximate surface area is 170 Å². The molecular weight excluding hydrogens is 370 g/mol. The third-order valence-corrected chi connectivity index (χ3v) is 5.76. The fourth-order valence-electron chi connectivity index (χ4n) is 3.74. The molecule has 146 valence electrons. The molecule has 1 aliphatic rings. The van der Waals surface area contributed by atoms with E-state index in [-0.39, 0.29) is 10.8 Å². The number of halogens is 1.